The first-order valence-corrected chi connectivity index (χ1v) is 7.01. The maximum Gasteiger partial charge on any atom is 0.0812 e. The molecule has 0 bridgehead atoms. The summed E-state index contributed by atoms with van der Waals surface area (Å²) in [5, 5.41) is 10.3. The van der Waals surface area contributed by atoms with Crippen LogP contribution in [0.2, 0.25) is 0 Å². The average Bonchev–Trinajstić information content (AvgIpc) is 2.83. The summed E-state index contributed by atoms with van der Waals surface area (Å²) >= 11 is 0. The van der Waals surface area contributed by atoms with Gasteiger partial charge >= 0.3 is 0 Å². The van der Waals surface area contributed by atoms with E-state index in [9.17, 15) is 5.11 Å². The molecule has 98 valence electrons. The number of hydrogen-bond donors (Lipinski definition) is 1. The van der Waals surface area contributed by atoms with E-state index >= 15 is 0 Å². The molecule has 0 aliphatic heterocycles. The number of aryl methyl sites for hydroxylation is 1. The third-order valence-corrected chi connectivity index (χ3v) is 4.47. The molecule has 2 aliphatic rings. The minimum atomic E-state index is -0.280. The Labute approximate surface area is 109 Å². The Kier molecular flexibility index (Phi) is 2.67. The minimum absolute atomic E-state index is 0.209. The summed E-state index contributed by atoms with van der Waals surface area (Å²) in [4.78, 5) is 0. The molecule has 1 atom stereocenters. The van der Waals surface area contributed by atoms with Crippen molar-refractivity contribution in [3.05, 3.63) is 35.2 Å². The van der Waals surface area contributed by atoms with E-state index in [0.717, 1.165) is 25.7 Å². The van der Waals surface area contributed by atoms with Crippen LogP contribution in [0.1, 0.15) is 62.2 Å². The van der Waals surface area contributed by atoms with Crippen LogP contribution in [0.5, 0.6) is 0 Å². The molecular weight excluding hydrogens is 222 g/mol. The summed E-state index contributed by atoms with van der Waals surface area (Å²) < 4.78 is 2.49. The van der Waals surface area contributed by atoms with Crippen LogP contribution in [0.4, 0.5) is 0 Å². The van der Waals surface area contributed by atoms with Gasteiger partial charge in [0, 0.05) is 23.0 Å². The van der Waals surface area contributed by atoms with Gasteiger partial charge in [-0.15, -0.1) is 0 Å². The Morgan fingerprint density at radius 2 is 1.94 bits per heavy atom. The second-order valence-corrected chi connectivity index (χ2v) is 6.72. The molecule has 0 spiro atoms. The number of aliphatic hydroxyl groups excluding tert-OH is 1. The lowest BCUT2D eigenvalue weighted by Crippen LogP contribution is -2.27. The Hall–Kier alpha value is -1.02. The van der Waals surface area contributed by atoms with Gasteiger partial charge in [-0.2, -0.15) is 0 Å². The third kappa shape index (κ3) is 1.83. The molecule has 18 heavy (non-hydrogen) atoms. The quantitative estimate of drug-likeness (QED) is 0.750. The van der Waals surface area contributed by atoms with Gasteiger partial charge in [0.1, 0.15) is 0 Å². The average molecular weight is 245 g/mol. The van der Waals surface area contributed by atoms with E-state index in [4.69, 9.17) is 0 Å². The van der Waals surface area contributed by atoms with Crippen molar-refractivity contribution in [2.24, 2.45) is 5.41 Å². The van der Waals surface area contributed by atoms with Crippen LogP contribution in [0.25, 0.3) is 0 Å². The second-order valence-electron chi connectivity index (χ2n) is 6.72. The molecule has 0 fully saturated rings. The highest BCUT2D eigenvalue weighted by Crippen LogP contribution is 2.43. The Bertz CT molecular complexity index is 487. The number of nitrogens with zero attached hydrogens (tertiary/aromatic N) is 1. The molecule has 1 N–H and O–H groups in total. The van der Waals surface area contributed by atoms with Crippen molar-refractivity contribution >= 4 is 0 Å². The molecule has 1 unspecified atom stereocenters. The second kappa shape index (κ2) is 3.99. The molecule has 2 nitrogen and oxygen atoms in total. The fourth-order valence-electron chi connectivity index (χ4n) is 3.69. The van der Waals surface area contributed by atoms with Crippen molar-refractivity contribution in [2.45, 2.75) is 58.6 Å². The first-order chi connectivity index (χ1) is 8.48. The van der Waals surface area contributed by atoms with Crippen LogP contribution in [-0.4, -0.2) is 9.67 Å². The van der Waals surface area contributed by atoms with Crippen LogP contribution >= 0.6 is 0 Å². The standard InChI is InChI=1S/C16H23NO/c1-11-8-13-14(9-16(2,3)10-15(13)18)17(11)12-6-4-5-7-12/h4-5,8,12,15,18H,6-7,9-10H2,1-3H3. The first-order valence-electron chi connectivity index (χ1n) is 7.01. The Balaban J connectivity index is 2.06. The summed E-state index contributed by atoms with van der Waals surface area (Å²) in [5.41, 5.74) is 4.08. The van der Waals surface area contributed by atoms with E-state index in [0.29, 0.717) is 6.04 Å². The highest BCUT2D eigenvalue weighted by Gasteiger charge is 2.35. The van der Waals surface area contributed by atoms with Gasteiger partial charge in [-0.05, 0) is 44.1 Å². The zero-order valence-electron chi connectivity index (χ0n) is 11.6. The predicted molar refractivity (Wildman–Crippen MR) is 73.6 cm³/mol. The summed E-state index contributed by atoms with van der Waals surface area (Å²) in [5.74, 6) is 0. The molecular formula is C16H23NO. The molecule has 0 radical (unpaired) electrons. The lowest BCUT2D eigenvalue weighted by atomic mass is 9.75. The van der Waals surface area contributed by atoms with Crippen molar-refractivity contribution < 1.29 is 5.11 Å². The molecule has 1 heterocycles. The molecule has 0 amide bonds. The zero-order valence-corrected chi connectivity index (χ0v) is 11.6. The van der Waals surface area contributed by atoms with E-state index in [-0.39, 0.29) is 11.5 Å². The van der Waals surface area contributed by atoms with E-state index in [2.05, 4.69) is 43.6 Å². The third-order valence-electron chi connectivity index (χ3n) is 4.47. The van der Waals surface area contributed by atoms with Crippen molar-refractivity contribution in [3.8, 4) is 0 Å². The number of aromatic nitrogens is 1. The van der Waals surface area contributed by atoms with E-state index in [1.54, 1.807) is 0 Å². The summed E-state index contributed by atoms with van der Waals surface area (Å²) in [6.07, 6.45) is 8.52. The maximum atomic E-state index is 10.3. The highest BCUT2D eigenvalue weighted by atomic mass is 16.3. The molecule has 3 rings (SSSR count). The monoisotopic (exact) mass is 245 g/mol. The fraction of sp³-hybridized carbons (Fsp3) is 0.625. The molecule has 0 saturated carbocycles. The molecule has 2 aliphatic carbocycles. The maximum absolute atomic E-state index is 10.3. The largest absolute Gasteiger partial charge is 0.388 e. The van der Waals surface area contributed by atoms with Gasteiger partial charge in [0.15, 0.2) is 0 Å². The SMILES string of the molecule is Cc1cc2c(n1C1CC=CC1)CC(C)(C)CC2O. The fourth-order valence-corrected chi connectivity index (χ4v) is 3.69. The smallest absolute Gasteiger partial charge is 0.0812 e. The van der Waals surface area contributed by atoms with Crippen LogP contribution < -0.4 is 0 Å². The molecule has 1 aromatic heterocycles. The van der Waals surface area contributed by atoms with Gasteiger partial charge in [0.25, 0.3) is 0 Å². The number of rotatable bonds is 1. The number of aliphatic hydroxyl groups is 1. The van der Waals surface area contributed by atoms with Gasteiger partial charge in [0.2, 0.25) is 0 Å². The van der Waals surface area contributed by atoms with Gasteiger partial charge in [-0.3, -0.25) is 0 Å². The summed E-state index contributed by atoms with van der Waals surface area (Å²) in [7, 11) is 0. The van der Waals surface area contributed by atoms with E-state index < -0.39 is 0 Å². The van der Waals surface area contributed by atoms with E-state index in [1.807, 2.05) is 0 Å². The normalized spacial score (nSPS) is 26.6. The van der Waals surface area contributed by atoms with Crippen molar-refractivity contribution in [1.29, 1.82) is 0 Å². The van der Waals surface area contributed by atoms with E-state index in [1.165, 1.54) is 17.0 Å². The van der Waals surface area contributed by atoms with Gasteiger partial charge < -0.3 is 9.67 Å². The molecule has 0 aromatic carbocycles. The first kappa shape index (κ1) is 12.0. The molecule has 0 saturated heterocycles. The van der Waals surface area contributed by atoms with Crippen LogP contribution in [0.3, 0.4) is 0 Å². The summed E-state index contributed by atoms with van der Waals surface area (Å²) in [6, 6.07) is 2.78. The number of fused-ring (bicyclic) bond motifs is 1. The topological polar surface area (TPSA) is 25.2 Å². The van der Waals surface area contributed by atoms with Crippen molar-refractivity contribution in [3.63, 3.8) is 0 Å². The minimum Gasteiger partial charge on any atom is -0.388 e. The molecule has 2 heteroatoms. The Morgan fingerprint density at radius 3 is 2.61 bits per heavy atom. The summed E-state index contributed by atoms with van der Waals surface area (Å²) in [6.45, 7) is 6.70. The van der Waals surface area contributed by atoms with Gasteiger partial charge in [0.05, 0.1) is 6.10 Å². The Morgan fingerprint density at radius 1 is 1.28 bits per heavy atom. The number of hydrogen-bond acceptors (Lipinski definition) is 1. The molecule has 1 aromatic rings. The highest BCUT2D eigenvalue weighted by molar-refractivity contribution is 5.34. The lowest BCUT2D eigenvalue weighted by molar-refractivity contribution is 0.0975. The van der Waals surface area contributed by atoms with Crippen LogP contribution in [0, 0.1) is 12.3 Å². The lowest BCUT2D eigenvalue weighted by Gasteiger charge is -2.35. The van der Waals surface area contributed by atoms with Crippen LogP contribution in [-0.2, 0) is 6.42 Å². The van der Waals surface area contributed by atoms with Crippen molar-refractivity contribution in [1.82, 2.24) is 4.57 Å². The van der Waals surface area contributed by atoms with Gasteiger partial charge in [-0.25, -0.2) is 0 Å². The van der Waals surface area contributed by atoms with Gasteiger partial charge in [-0.1, -0.05) is 26.0 Å². The zero-order chi connectivity index (χ0) is 12.9. The predicted octanol–water partition coefficient (Wildman–Crippen LogP) is 3.69. The van der Waals surface area contributed by atoms with Crippen LogP contribution in [0.15, 0.2) is 18.2 Å². The van der Waals surface area contributed by atoms with Crippen molar-refractivity contribution in [2.75, 3.05) is 0 Å². The number of allylic oxidation sites excluding steroid dienone is 2.